The van der Waals surface area contributed by atoms with E-state index in [4.69, 9.17) is 0 Å². The molecule has 0 aliphatic carbocycles. The van der Waals surface area contributed by atoms with Crippen LogP contribution in [-0.4, -0.2) is 16.7 Å². The number of carbonyl (C=O) groups is 2. The maximum absolute atomic E-state index is 12.5. The Labute approximate surface area is 130 Å². The van der Waals surface area contributed by atoms with Gasteiger partial charge in [0.25, 0.3) is 0 Å². The molecule has 0 aliphatic heterocycles. The molecular formula is C19H20O3. The normalized spacial score (nSPS) is 11.2. The summed E-state index contributed by atoms with van der Waals surface area (Å²) in [6.07, 6.45) is 0.0928. The van der Waals surface area contributed by atoms with Gasteiger partial charge in [-0.25, -0.2) is 0 Å². The van der Waals surface area contributed by atoms with Gasteiger partial charge in [-0.1, -0.05) is 57.2 Å². The van der Waals surface area contributed by atoms with Gasteiger partial charge in [0, 0.05) is 17.4 Å². The minimum Gasteiger partial charge on any atom is -0.507 e. The Morgan fingerprint density at radius 2 is 1.45 bits per heavy atom. The zero-order chi connectivity index (χ0) is 16.3. The molecular weight excluding hydrogens is 276 g/mol. The van der Waals surface area contributed by atoms with Crippen molar-refractivity contribution in [1.82, 2.24) is 0 Å². The lowest BCUT2D eigenvalue weighted by atomic mass is 9.83. The van der Waals surface area contributed by atoms with E-state index in [1.807, 2.05) is 26.8 Å². The van der Waals surface area contributed by atoms with Crippen LogP contribution in [-0.2, 0) is 6.42 Å². The van der Waals surface area contributed by atoms with Gasteiger partial charge in [-0.2, -0.15) is 0 Å². The number of para-hydroxylation sites is 1. The predicted molar refractivity (Wildman–Crippen MR) is 86.4 cm³/mol. The quantitative estimate of drug-likeness (QED) is 0.866. The first-order chi connectivity index (χ1) is 10.3. The van der Waals surface area contributed by atoms with Crippen LogP contribution in [0.2, 0.25) is 0 Å². The van der Waals surface area contributed by atoms with E-state index in [1.165, 1.54) is 6.07 Å². The van der Waals surface area contributed by atoms with E-state index >= 15 is 0 Å². The topological polar surface area (TPSA) is 54.4 Å². The number of aromatic hydroxyl groups is 1. The molecule has 0 aromatic heterocycles. The molecule has 0 radical (unpaired) electrons. The standard InChI is InChI=1S/C19H20O3/c1-19(2,3)18(22)14-9-5-4-8-13(14)12-17(21)15-10-6-7-11-16(15)20/h4-11,20H,12H2,1-3H3. The molecule has 0 amide bonds. The van der Waals surface area contributed by atoms with Crippen LogP contribution in [0.1, 0.15) is 47.1 Å². The molecule has 2 aromatic carbocycles. The number of rotatable bonds is 4. The molecule has 22 heavy (non-hydrogen) atoms. The number of ketones is 2. The van der Waals surface area contributed by atoms with E-state index in [-0.39, 0.29) is 29.3 Å². The fourth-order valence-corrected chi connectivity index (χ4v) is 2.28. The van der Waals surface area contributed by atoms with E-state index in [0.29, 0.717) is 11.1 Å². The van der Waals surface area contributed by atoms with Crippen molar-refractivity contribution in [2.24, 2.45) is 5.41 Å². The monoisotopic (exact) mass is 296 g/mol. The van der Waals surface area contributed by atoms with Crippen LogP contribution < -0.4 is 0 Å². The Hall–Kier alpha value is -2.42. The lowest BCUT2D eigenvalue weighted by Crippen LogP contribution is -2.22. The lowest BCUT2D eigenvalue weighted by Gasteiger charge is -2.19. The molecule has 114 valence electrons. The summed E-state index contributed by atoms with van der Waals surface area (Å²) >= 11 is 0. The minimum atomic E-state index is -0.506. The molecule has 3 nitrogen and oxygen atoms in total. The van der Waals surface area contributed by atoms with Gasteiger partial charge in [-0.05, 0) is 17.7 Å². The van der Waals surface area contributed by atoms with Crippen LogP contribution in [0.3, 0.4) is 0 Å². The fourth-order valence-electron chi connectivity index (χ4n) is 2.28. The Kier molecular flexibility index (Phi) is 4.45. The maximum Gasteiger partial charge on any atom is 0.170 e. The Morgan fingerprint density at radius 1 is 0.909 bits per heavy atom. The smallest absolute Gasteiger partial charge is 0.170 e. The van der Waals surface area contributed by atoms with Gasteiger partial charge in [0.2, 0.25) is 0 Å². The number of hydrogen-bond acceptors (Lipinski definition) is 3. The van der Waals surface area contributed by atoms with E-state index in [9.17, 15) is 14.7 Å². The van der Waals surface area contributed by atoms with E-state index in [0.717, 1.165) is 0 Å². The van der Waals surface area contributed by atoms with E-state index in [2.05, 4.69) is 0 Å². The van der Waals surface area contributed by atoms with Crippen molar-refractivity contribution in [3.05, 3.63) is 65.2 Å². The van der Waals surface area contributed by atoms with Crippen LogP contribution in [0, 0.1) is 5.41 Å². The summed E-state index contributed by atoms with van der Waals surface area (Å²) in [4.78, 5) is 24.9. The van der Waals surface area contributed by atoms with Gasteiger partial charge in [-0.15, -0.1) is 0 Å². The summed E-state index contributed by atoms with van der Waals surface area (Å²) in [5, 5.41) is 9.78. The zero-order valence-electron chi connectivity index (χ0n) is 13.1. The third-order valence-corrected chi connectivity index (χ3v) is 3.50. The van der Waals surface area contributed by atoms with E-state index < -0.39 is 5.41 Å². The first-order valence-electron chi connectivity index (χ1n) is 7.24. The fraction of sp³-hybridized carbons (Fsp3) is 0.263. The second-order valence-electron chi connectivity index (χ2n) is 6.35. The average molecular weight is 296 g/mol. The third-order valence-electron chi connectivity index (χ3n) is 3.50. The summed E-state index contributed by atoms with van der Waals surface area (Å²) in [5.74, 6) is -0.229. The van der Waals surface area contributed by atoms with Gasteiger partial charge in [0.15, 0.2) is 11.6 Å². The van der Waals surface area contributed by atoms with Gasteiger partial charge >= 0.3 is 0 Å². The minimum absolute atomic E-state index is 0.00758. The molecule has 0 bridgehead atoms. The number of hydrogen-bond donors (Lipinski definition) is 1. The van der Waals surface area contributed by atoms with Crippen molar-refractivity contribution in [2.45, 2.75) is 27.2 Å². The Morgan fingerprint density at radius 3 is 2.05 bits per heavy atom. The molecule has 0 spiro atoms. The second kappa shape index (κ2) is 6.14. The molecule has 0 heterocycles. The van der Waals surface area contributed by atoms with Crippen LogP contribution in [0.25, 0.3) is 0 Å². The molecule has 2 aromatic rings. The van der Waals surface area contributed by atoms with Crippen molar-refractivity contribution >= 4 is 11.6 Å². The molecule has 0 aliphatic rings. The summed E-state index contributed by atoms with van der Waals surface area (Å²) in [7, 11) is 0. The summed E-state index contributed by atoms with van der Waals surface area (Å²) in [6, 6.07) is 13.6. The first-order valence-corrected chi connectivity index (χ1v) is 7.24. The van der Waals surface area contributed by atoms with Crippen molar-refractivity contribution in [3.8, 4) is 5.75 Å². The molecule has 0 saturated heterocycles. The van der Waals surface area contributed by atoms with Gasteiger partial charge < -0.3 is 5.11 Å². The molecule has 0 atom stereocenters. The van der Waals surface area contributed by atoms with Crippen LogP contribution in [0.15, 0.2) is 48.5 Å². The van der Waals surface area contributed by atoms with Gasteiger partial charge in [0.05, 0.1) is 5.56 Å². The number of phenolic OH excluding ortho intramolecular Hbond substituents is 1. The van der Waals surface area contributed by atoms with Crippen LogP contribution in [0.5, 0.6) is 5.75 Å². The molecule has 0 unspecified atom stereocenters. The van der Waals surface area contributed by atoms with Gasteiger partial charge in [-0.3, -0.25) is 9.59 Å². The summed E-state index contributed by atoms with van der Waals surface area (Å²) in [6.45, 7) is 5.57. The van der Waals surface area contributed by atoms with Crippen LogP contribution >= 0.6 is 0 Å². The van der Waals surface area contributed by atoms with Crippen molar-refractivity contribution in [3.63, 3.8) is 0 Å². The molecule has 0 fully saturated rings. The maximum atomic E-state index is 12.5. The highest BCUT2D eigenvalue weighted by atomic mass is 16.3. The second-order valence-corrected chi connectivity index (χ2v) is 6.35. The third kappa shape index (κ3) is 3.42. The lowest BCUT2D eigenvalue weighted by molar-refractivity contribution is 0.0857. The zero-order valence-corrected chi connectivity index (χ0v) is 13.1. The number of Topliss-reactive ketones (excluding diaryl/α,β-unsaturated/α-hetero) is 2. The molecule has 3 heteroatoms. The number of phenols is 1. The highest BCUT2D eigenvalue weighted by Gasteiger charge is 2.25. The molecule has 0 saturated carbocycles. The van der Waals surface area contributed by atoms with Gasteiger partial charge in [0.1, 0.15) is 5.75 Å². The first kappa shape index (κ1) is 16.0. The Balaban J connectivity index is 2.33. The van der Waals surface area contributed by atoms with E-state index in [1.54, 1.807) is 36.4 Å². The van der Waals surface area contributed by atoms with Crippen LogP contribution in [0.4, 0.5) is 0 Å². The largest absolute Gasteiger partial charge is 0.507 e. The summed E-state index contributed by atoms with van der Waals surface area (Å²) in [5.41, 5.74) is 1.03. The number of carbonyl (C=O) groups excluding carboxylic acids is 2. The van der Waals surface area contributed by atoms with Crippen molar-refractivity contribution in [2.75, 3.05) is 0 Å². The molecule has 1 N–H and O–H groups in total. The number of benzene rings is 2. The van der Waals surface area contributed by atoms with Crippen molar-refractivity contribution < 1.29 is 14.7 Å². The SMILES string of the molecule is CC(C)(C)C(=O)c1ccccc1CC(=O)c1ccccc1O. The average Bonchev–Trinajstić information content (AvgIpc) is 2.46. The predicted octanol–water partition coefficient (Wildman–Crippen LogP) is 4.05. The highest BCUT2D eigenvalue weighted by Crippen LogP contribution is 2.25. The highest BCUT2D eigenvalue weighted by molar-refractivity contribution is 6.04. The van der Waals surface area contributed by atoms with Crippen molar-refractivity contribution in [1.29, 1.82) is 0 Å². The molecule has 2 rings (SSSR count). The Bertz CT molecular complexity index is 709. The summed E-state index contributed by atoms with van der Waals surface area (Å²) < 4.78 is 0.